The fraction of sp³-hybridized carbons (Fsp3) is 0.111. The first kappa shape index (κ1) is 13.2. The molecular weight excluding hydrogens is 300 g/mol. The Morgan fingerprint density at radius 2 is 1.88 bits per heavy atom. The molecule has 2 aromatic carbocycles. The van der Waals surface area contributed by atoms with Crippen molar-refractivity contribution in [2.75, 3.05) is 5.32 Å². The maximum absolute atomic E-state index is 6.04. The zero-order chi connectivity index (χ0) is 16.3. The molecule has 1 aliphatic heterocycles. The molecule has 24 heavy (non-hydrogen) atoms. The minimum atomic E-state index is -0.246. The van der Waals surface area contributed by atoms with E-state index in [0.717, 1.165) is 39.1 Å². The Morgan fingerprint density at radius 3 is 2.79 bits per heavy atom. The molecule has 0 bridgehead atoms. The van der Waals surface area contributed by atoms with E-state index in [1.165, 1.54) is 0 Å². The number of nitrogens with zero attached hydrogens (tertiary/aromatic N) is 3. The molecule has 4 aromatic rings. The van der Waals surface area contributed by atoms with Gasteiger partial charge in [0.05, 0.1) is 11.0 Å². The number of hydrogen-bond acceptors (Lipinski definition) is 4. The van der Waals surface area contributed by atoms with Crippen LogP contribution in [0.1, 0.15) is 17.4 Å². The highest BCUT2D eigenvalue weighted by Gasteiger charge is 2.28. The van der Waals surface area contributed by atoms with Gasteiger partial charge in [-0.05, 0) is 25.1 Å². The maximum atomic E-state index is 6.04. The number of H-pyrrole nitrogens is 1. The molecule has 118 valence electrons. The minimum absolute atomic E-state index is 0.246. The summed E-state index contributed by atoms with van der Waals surface area (Å²) in [5.41, 5.74) is 11.3. The molecule has 1 unspecified atom stereocenters. The van der Waals surface area contributed by atoms with Gasteiger partial charge in [-0.2, -0.15) is 0 Å². The van der Waals surface area contributed by atoms with Gasteiger partial charge >= 0.3 is 0 Å². The van der Waals surface area contributed by atoms with Gasteiger partial charge in [0.25, 0.3) is 0 Å². The van der Waals surface area contributed by atoms with Crippen LogP contribution in [0.25, 0.3) is 21.9 Å². The van der Waals surface area contributed by atoms with Gasteiger partial charge in [-0.15, -0.1) is 0 Å². The Labute approximate surface area is 138 Å². The molecule has 4 N–H and O–H groups in total. The summed E-state index contributed by atoms with van der Waals surface area (Å²) < 4.78 is 2.11. The van der Waals surface area contributed by atoms with Crippen LogP contribution in [0, 0.1) is 6.92 Å². The van der Waals surface area contributed by atoms with Gasteiger partial charge in [-0.1, -0.05) is 30.3 Å². The summed E-state index contributed by atoms with van der Waals surface area (Å²) in [5.74, 6) is 1.10. The summed E-state index contributed by atoms with van der Waals surface area (Å²) >= 11 is 0. The summed E-state index contributed by atoms with van der Waals surface area (Å²) in [6, 6.07) is 16.3. The molecule has 0 spiro atoms. The highest BCUT2D eigenvalue weighted by molar-refractivity contribution is 5.95. The zero-order valence-electron chi connectivity index (χ0n) is 13.1. The molecule has 1 aliphatic rings. The Bertz CT molecular complexity index is 1120. The summed E-state index contributed by atoms with van der Waals surface area (Å²) in [4.78, 5) is 12.8. The van der Waals surface area contributed by atoms with Crippen molar-refractivity contribution in [1.29, 1.82) is 0 Å². The lowest BCUT2D eigenvalue weighted by atomic mass is 10.1. The monoisotopic (exact) mass is 316 g/mol. The second-order valence-electron chi connectivity index (χ2n) is 6.02. The Morgan fingerprint density at radius 1 is 1.08 bits per heavy atom. The van der Waals surface area contributed by atoms with E-state index in [0.29, 0.717) is 5.96 Å². The highest BCUT2D eigenvalue weighted by atomic mass is 15.4. The van der Waals surface area contributed by atoms with Crippen LogP contribution in [0.5, 0.6) is 0 Å². The van der Waals surface area contributed by atoms with E-state index in [1.807, 2.05) is 30.3 Å². The number of fused-ring (bicyclic) bond motifs is 4. The van der Waals surface area contributed by atoms with E-state index in [4.69, 9.17) is 5.73 Å². The SMILES string of the molecule is Cc1[nH]c2ccccc2c1C1N=C(N)Nc2nc3ccccc3n21. The van der Waals surface area contributed by atoms with E-state index in [9.17, 15) is 0 Å². The van der Waals surface area contributed by atoms with Crippen molar-refractivity contribution in [2.45, 2.75) is 13.1 Å². The first-order valence-corrected chi connectivity index (χ1v) is 7.87. The van der Waals surface area contributed by atoms with Crippen molar-refractivity contribution in [1.82, 2.24) is 14.5 Å². The molecule has 1 atom stereocenters. The van der Waals surface area contributed by atoms with Crippen molar-refractivity contribution in [3.05, 3.63) is 59.8 Å². The van der Waals surface area contributed by atoms with Crippen LogP contribution in [0.15, 0.2) is 53.5 Å². The number of nitrogens with one attached hydrogen (secondary N) is 2. The van der Waals surface area contributed by atoms with Gasteiger partial charge in [-0.3, -0.25) is 9.88 Å². The topological polar surface area (TPSA) is 84.0 Å². The van der Waals surface area contributed by atoms with Crippen LogP contribution in [0.2, 0.25) is 0 Å². The quantitative estimate of drug-likeness (QED) is 0.504. The molecule has 0 aliphatic carbocycles. The maximum Gasteiger partial charge on any atom is 0.212 e. The second-order valence-corrected chi connectivity index (χ2v) is 6.02. The molecule has 0 radical (unpaired) electrons. The van der Waals surface area contributed by atoms with E-state index in [1.54, 1.807) is 0 Å². The third-order valence-corrected chi connectivity index (χ3v) is 4.54. The van der Waals surface area contributed by atoms with Crippen molar-refractivity contribution in [2.24, 2.45) is 10.7 Å². The zero-order valence-corrected chi connectivity index (χ0v) is 13.1. The van der Waals surface area contributed by atoms with E-state index >= 15 is 0 Å². The summed E-state index contributed by atoms with van der Waals surface area (Å²) in [6.45, 7) is 2.07. The number of aromatic amines is 1. The standard InChI is InChI=1S/C18H16N6/c1-10-15(11-6-2-3-7-12(11)20-10)16-22-17(19)23-18-21-13-8-4-5-9-14(13)24(16)18/h2-9,16,20H,1H3,(H3,19,21,22,23). The molecular formula is C18H16N6. The number of anilines is 1. The van der Waals surface area contributed by atoms with Gasteiger partial charge in [0, 0.05) is 22.2 Å². The van der Waals surface area contributed by atoms with Crippen LogP contribution < -0.4 is 11.1 Å². The lowest BCUT2D eigenvalue weighted by Crippen LogP contribution is -2.31. The normalized spacial score (nSPS) is 16.9. The third-order valence-electron chi connectivity index (χ3n) is 4.54. The Hall–Kier alpha value is -3.28. The number of hydrogen-bond donors (Lipinski definition) is 3. The van der Waals surface area contributed by atoms with Crippen molar-refractivity contribution >= 4 is 33.8 Å². The molecule has 0 saturated carbocycles. The fourth-order valence-corrected chi connectivity index (χ4v) is 3.54. The fourth-order valence-electron chi connectivity index (χ4n) is 3.54. The molecule has 6 heteroatoms. The number of nitrogens with two attached hydrogens (primary N) is 1. The Kier molecular flexibility index (Phi) is 2.53. The first-order chi connectivity index (χ1) is 11.7. The highest BCUT2D eigenvalue weighted by Crippen LogP contribution is 2.37. The number of para-hydroxylation sites is 3. The lowest BCUT2D eigenvalue weighted by molar-refractivity contribution is 0.627. The predicted molar refractivity (Wildman–Crippen MR) is 96.2 cm³/mol. The molecule has 0 amide bonds. The number of rotatable bonds is 1. The van der Waals surface area contributed by atoms with Crippen LogP contribution in [-0.4, -0.2) is 20.5 Å². The van der Waals surface area contributed by atoms with E-state index in [2.05, 4.69) is 50.0 Å². The third kappa shape index (κ3) is 1.70. The van der Waals surface area contributed by atoms with Crippen LogP contribution >= 0.6 is 0 Å². The first-order valence-electron chi connectivity index (χ1n) is 7.87. The average Bonchev–Trinajstić information content (AvgIpc) is 3.10. The van der Waals surface area contributed by atoms with E-state index < -0.39 is 0 Å². The number of aliphatic imine (C=N–C) groups is 1. The van der Waals surface area contributed by atoms with Gasteiger partial charge in [-0.25, -0.2) is 9.98 Å². The van der Waals surface area contributed by atoms with Crippen LogP contribution in [0.3, 0.4) is 0 Å². The molecule has 6 nitrogen and oxygen atoms in total. The smallest absolute Gasteiger partial charge is 0.212 e. The van der Waals surface area contributed by atoms with Crippen molar-refractivity contribution in [3.63, 3.8) is 0 Å². The van der Waals surface area contributed by atoms with Gasteiger partial charge in [0.2, 0.25) is 5.95 Å². The van der Waals surface area contributed by atoms with Crippen LogP contribution in [-0.2, 0) is 0 Å². The van der Waals surface area contributed by atoms with Crippen molar-refractivity contribution < 1.29 is 0 Å². The Balaban J connectivity index is 1.85. The second kappa shape index (κ2) is 4.61. The molecule has 3 heterocycles. The predicted octanol–water partition coefficient (Wildman–Crippen LogP) is 3.11. The number of aromatic nitrogens is 3. The van der Waals surface area contributed by atoms with Gasteiger partial charge in [0.1, 0.15) is 0 Å². The molecule has 0 saturated heterocycles. The number of imidazole rings is 1. The molecule has 0 fully saturated rings. The minimum Gasteiger partial charge on any atom is -0.370 e. The number of aryl methyl sites for hydroxylation is 1. The largest absolute Gasteiger partial charge is 0.370 e. The van der Waals surface area contributed by atoms with Crippen LogP contribution in [0.4, 0.5) is 5.95 Å². The number of benzene rings is 2. The number of guanidine groups is 1. The van der Waals surface area contributed by atoms with Gasteiger partial charge in [0.15, 0.2) is 12.1 Å². The lowest BCUT2D eigenvalue weighted by Gasteiger charge is -2.24. The summed E-state index contributed by atoms with van der Waals surface area (Å²) in [7, 11) is 0. The van der Waals surface area contributed by atoms with Crippen molar-refractivity contribution in [3.8, 4) is 0 Å². The molecule has 2 aromatic heterocycles. The molecule has 5 rings (SSSR count). The van der Waals surface area contributed by atoms with Gasteiger partial charge < -0.3 is 10.7 Å². The summed E-state index contributed by atoms with van der Waals surface area (Å²) in [5, 5.41) is 4.23. The average molecular weight is 316 g/mol. The summed E-state index contributed by atoms with van der Waals surface area (Å²) in [6.07, 6.45) is -0.246. The van der Waals surface area contributed by atoms with E-state index in [-0.39, 0.29) is 6.17 Å².